The highest BCUT2D eigenvalue weighted by molar-refractivity contribution is 7.91. The van der Waals surface area contributed by atoms with Gasteiger partial charge in [0.15, 0.2) is 9.84 Å². The topological polar surface area (TPSA) is 74.7 Å². The van der Waals surface area contributed by atoms with Gasteiger partial charge in [-0.05, 0) is 44.7 Å². The van der Waals surface area contributed by atoms with Crippen LogP contribution in [0.25, 0.3) is 0 Å². The molecule has 5 nitrogen and oxygen atoms in total. The minimum Gasteiger partial charge on any atom is -0.478 e. The summed E-state index contributed by atoms with van der Waals surface area (Å²) in [6, 6.07) is 5.69. The van der Waals surface area contributed by atoms with Gasteiger partial charge in [0.05, 0.1) is 16.2 Å². The average Bonchev–Trinajstić information content (AvgIpc) is 2.45. The van der Waals surface area contributed by atoms with Crippen LogP contribution in [0.1, 0.15) is 37.0 Å². The van der Waals surface area contributed by atoms with Crippen molar-refractivity contribution in [3.05, 3.63) is 29.8 Å². The number of carboxylic acid groups (broad SMARTS) is 1. The highest BCUT2D eigenvalue weighted by Gasteiger charge is 2.17. The second-order valence-corrected chi connectivity index (χ2v) is 7.38. The highest BCUT2D eigenvalue weighted by atomic mass is 32.2. The fourth-order valence-electron chi connectivity index (χ4n) is 2.05. The molecule has 1 unspecified atom stereocenters. The van der Waals surface area contributed by atoms with Crippen molar-refractivity contribution < 1.29 is 18.3 Å². The van der Waals surface area contributed by atoms with Crippen molar-refractivity contribution >= 4 is 15.8 Å². The van der Waals surface area contributed by atoms with Crippen LogP contribution in [0.3, 0.4) is 0 Å². The first kappa shape index (κ1) is 17.7. The van der Waals surface area contributed by atoms with E-state index in [2.05, 4.69) is 13.8 Å². The van der Waals surface area contributed by atoms with Crippen molar-refractivity contribution in [3.8, 4) is 0 Å². The van der Waals surface area contributed by atoms with Crippen molar-refractivity contribution in [3.63, 3.8) is 0 Å². The Morgan fingerprint density at radius 3 is 2.33 bits per heavy atom. The normalized spacial score (nSPS) is 13.3. The third kappa shape index (κ3) is 5.13. The zero-order valence-electron chi connectivity index (χ0n) is 12.7. The van der Waals surface area contributed by atoms with E-state index < -0.39 is 15.8 Å². The van der Waals surface area contributed by atoms with Crippen LogP contribution in [-0.2, 0) is 9.84 Å². The van der Waals surface area contributed by atoms with Gasteiger partial charge < -0.3 is 10.0 Å². The smallest absolute Gasteiger partial charge is 0.335 e. The summed E-state index contributed by atoms with van der Waals surface area (Å²) in [5.41, 5.74) is 0.0858. The number of nitrogens with zero attached hydrogens (tertiary/aromatic N) is 1. The van der Waals surface area contributed by atoms with Gasteiger partial charge in [-0.25, -0.2) is 13.2 Å². The first-order chi connectivity index (χ1) is 9.77. The number of sulfone groups is 1. The molecule has 1 atom stereocenters. The summed E-state index contributed by atoms with van der Waals surface area (Å²) >= 11 is 0. The van der Waals surface area contributed by atoms with Gasteiger partial charge in [-0.15, -0.1) is 0 Å². The quantitative estimate of drug-likeness (QED) is 0.797. The summed E-state index contributed by atoms with van der Waals surface area (Å²) in [6.07, 6.45) is 2.10. The van der Waals surface area contributed by atoms with Gasteiger partial charge in [-0.1, -0.05) is 13.3 Å². The number of benzene rings is 1. The fourth-order valence-corrected chi connectivity index (χ4v) is 3.36. The summed E-state index contributed by atoms with van der Waals surface area (Å²) < 4.78 is 24.4. The van der Waals surface area contributed by atoms with Crippen molar-refractivity contribution in [2.24, 2.45) is 0 Å². The Bertz CT molecular complexity index is 566. The predicted octanol–water partition coefficient (Wildman–Crippen LogP) is 2.28. The van der Waals surface area contributed by atoms with Gasteiger partial charge in [0.25, 0.3) is 0 Å². The molecule has 0 bridgehead atoms. The molecule has 0 saturated carbocycles. The minimum atomic E-state index is -3.38. The van der Waals surface area contributed by atoms with Gasteiger partial charge in [0.1, 0.15) is 0 Å². The molecule has 1 rings (SSSR count). The summed E-state index contributed by atoms with van der Waals surface area (Å²) in [6.45, 7) is 4.65. The van der Waals surface area contributed by atoms with Gasteiger partial charge >= 0.3 is 5.97 Å². The predicted molar refractivity (Wildman–Crippen MR) is 82.5 cm³/mol. The van der Waals surface area contributed by atoms with E-state index in [9.17, 15) is 13.2 Å². The van der Waals surface area contributed by atoms with E-state index in [1.165, 1.54) is 24.3 Å². The van der Waals surface area contributed by atoms with E-state index in [-0.39, 0.29) is 16.2 Å². The van der Waals surface area contributed by atoms with Gasteiger partial charge in [-0.3, -0.25) is 0 Å². The molecule has 21 heavy (non-hydrogen) atoms. The molecule has 0 amide bonds. The number of rotatable bonds is 8. The molecule has 118 valence electrons. The standard InChI is InChI=1S/C15H23NO4S/c1-4-5-12(2)16(3)10-11-21(19,20)14-8-6-13(7-9-14)15(17)18/h6-9,12H,4-5,10-11H2,1-3H3,(H,17,18). The summed E-state index contributed by atoms with van der Waals surface area (Å²) in [7, 11) is -1.46. The maximum absolute atomic E-state index is 12.2. The number of carbonyl (C=O) groups is 1. The van der Waals surface area contributed by atoms with Crippen LogP contribution in [0.5, 0.6) is 0 Å². The molecule has 0 spiro atoms. The average molecular weight is 313 g/mol. The molecular weight excluding hydrogens is 290 g/mol. The lowest BCUT2D eigenvalue weighted by atomic mass is 10.2. The van der Waals surface area contributed by atoms with Gasteiger partial charge in [-0.2, -0.15) is 0 Å². The molecule has 0 aliphatic rings. The van der Waals surface area contributed by atoms with Crippen molar-refractivity contribution in [1.29, 1.82) is 0 Å². The Morgan fingerprint density at radius 2 is 1.86 bits per heavy atom. The molecule has 0 aromatic heterocycles. The van der Waals surface area contributed by atoms with E-state index >= 15 is 0 Å². The number of hydrogen-bond acceptors (Lipinski definition) is 4. The Hall–Kier alpha value is -1.40. The van der Waals surface area contributed by atoms with Crippen LogP contribution in [0.2, 0.25) is 0 Å². The van der Waals surface area contributed by atoms with Crippen LogP contribution >= 0.6 is 0 Å². The van der Waals surface area contributed by atoms with E-state index in [1.807, 2.05) is 11.9 Å². The summed E-state index contributed by atoms with van der Waals surface area (Å²) in [4.78, 5) is 13.0. The van der Waals surface area contributed by atoms with Crippen LogP contribution in [-0.4, -0.2) is 49.8 Å². The lowest BCUT2D eigenvalue weighted by molar-refractivity contribution is 0.0696. The van der Waals surface area contributed by atoms with Crippen LogP contribution < -0.4 is 0 Å². The molecular formula is C15H23NO4S. The maximum atomic E-state index is 12.2. The summed E-state index contributed by atoms with van der Waals surface area (Å²) in [5.74, 6) is -1.03. The molecule has 1 aromatic carbocycles. The van der Waals surface area contributed by atoms with E-state index in [0.717, 1.165) is 12.8 Å². The van der Waals surface area contributed by atoms with E-state index in [1.54, 1.807) is 0 Å². The Kier molecular flexibility index (Phi) is 6.36. The van der Waals surface area contributed by atoms with E-state index in [0.29, 0.717) is 12.6 Å². The Balaban J connectivity index is 2.71. The molecule has 6 heteroatoms. The second kappa shape index (κ2) is 7.56. The Morgan fingerprint density at radius 1 is 1.29 bits per heavy atom. The SMILES string of the molecule is CCCC(C)N(C)CCS(=O)(=O)c1ccc(C(=O)O)cc1. The largest absolute Gasteiger partial charge is 0.478 e. The highest BCUT2D eigenvalue weighted by Crippen LogP contribution is 2.13. The van der Waals surface area contributed by atoms with Crippen molar-refractivity contribution in [2.75, 3.05) is 19.3 Å². The first-order valence-electron chi connectivity index (χ1n) is 7.04. The third-order valence-electron chi connectivity index (χ3n) is 3.63. The fraction of sp³-hybridized carbons (Fsp3) is 0.533. The van der Waals surface area contributed by atoms with E-state index in [4.69, 9.17) is 5.11 Å². The molecule has 0 saturated heterocycles. The maximum Gasteiger partial charge on any atom is 0.335 e. The van der Waals surface area contributed by atoms with Crippen LogP contribution in [0, 0.1) is 0 Å². The van der Waals surface area contributed by atoms with Gasteiger partial charge in [0.2, 0.25) is 0 Å². The molecule has 1 N–H and O–H groups in total. The molecule has 0 radical (unpaired) electrons. The van der Waals surface area contributed by atoms with Crippen LogP contribution in [0.4, 0.5) is 0 Å². The molecule has 0 heterocycles. The first-order valence-corrected chi connectivity index (χ1v) is 8.69. The molecule has 0 aliphatic heterocycles. The van der Waals surface area contributed by atoms with Crippen molar-refractivity contribution in [1.82, 2.24) is 4.90 Å². The summed E-state index contributed by atoms with van der Waals surface area (Å²) in [5, 5.41) is 8.81. The van der Waals surface area contributed by atoms with Gasteiger partial charge in [0, 0.05) is 12.6 Å². The number of carboxylic acids is 1. The zero-order chi connectivity index (χ0) is 16.0. The lowest BCUT2D eigenvalue weighted by Gasteiger charge is -2.24. The van der Waals surface area contributed by atoms with Crippen LogP contribution in [0.15, 0.2) is 29.2 Å². The minimum absolute atomic E-state index is 0.0317. The Labute approximate surface area is 126 Å². The number of aromatic carboxylic acids is 1. The molecule has 0 fully saturated rings. The molecule has 0 aliphatic carbocycles. The second-order valence-electron chi connectivity index (χ2n) is 5.27. The molecule has 1 aromatic rings. The monoisotopic (exact) mass is 313 g/mol. The van der Waals surface area contributed by atoms with Crippen molar-refractivity contribution in [2.45, 2.75) is 37.6 Å². The lowest BCUT2D eigenvalue weighted by Crippen LogP contribution is -2.33. The number of hydrogen-bond donors (Lipinski definition) is 1. The third-order valence-corrected chi connectivity index (χ3v) is 5.34. The zero-order valence-corrected chi connectivity index (χ0v) is 13.6.